The van der Waals surface area contributed by atoms with Gasteiger partial charge < -0.3 is 14.4 Å². The fourth-order valence-electron chi connectivity index (χ4n) is 0.594. The van der Waals surface area contributed by atoms with Crippen molar-refractivity contribution < 1.29 is 17.2 Å². The molecule has 0 fully saturated rings. The van der Waals surface area contributed by atoms with Crippen molar-refractivity contribution in [1.29, 1.82) is 0 Å². The molecule has 0 aliphatic rings. The predicted octanol–water partition coefficient (Wildman–Crippen LogP) is 0.481. The van der Waals surface area contributed by atoms with Crippen LogP contribution in [0.3, 0.4) is 0 Å². The molecule has 0 N–H and O–H groups in total. The number of unbranched alkanes of at least 4 members (excludes halogenated alkanes) is 2. The van der Waals surface area contributed by atoms with Crippen LogP contribution in [0.1, 0.15) is 22.1 Å². The summed E-state index contributed by atoms with van der Waals surface area (Å²) in [5.41, 5.74) is 0. The van der Waals surface area contributed by atoms with Crippen LogP contribution in [0.5, 0.6) is 0 Å². The number of hydrogen-bond donors (Lipinski definition) is 0. The topological polar surface area (TPSA) is 63.2 Å². The van der Waals surface area contributed by atoms with Crippen LogP contribution in [0.2, 0.25) is 0 Å². The van der Waals surface area contributed by atoms with E-state index in [0.717, 1.165) is 12.8 Å². The van der Waals surface area contributed by atoms with Gasteiger partial charge in [0.05, 0.1) is 0 Å². The molecule has 0 aliphatic carbocycles. The summed E-state index contributed by atoms with van der Waals surface area (Å²) in [6.07, 6.45) is 3.45. The first kappa shape index (κ1) is 9.89. The van der Waals surface area contributed by atoms with Crippen LogP contribution in [0, 0.1) is 0 Å². The van der Waals surface area contributed by atoms with Crippen molar-refractivity contribution in [3.8, 4) is 0 Å². The molecule has 60 valence electrons. The van der Waals surface area contributed by atoms with E-state index < -0.39 is 7.60 Å². The third-order valence-electron chi connectivity index (χ3n) is 1.09. The number of hydrogen-bond acceptors (Lipinski definition) is 3. The molecule has 0 rings (SSSR count). The molecule has 4 heteroatoms. The molecule has 0 saturated carbocycles. The first-order valence-corrected chi connectivity index (χ1v) is 4.91. The van der Waals surface area contributed by atoms with Crippen molar-refractivity contribution in [3.05, 3.63) is 12.7 Å². The summed E-state index contributed by atoms with van der Waals surface area (Å²) < 4.78 is 10.0. The number of allylic oxidation sites excluding steroid dienone is 1. The normalized spacial score (nSPS) is 11.4. The van der Waals surface area contributed by atoms with Crippen LogP contribution < -0.4 is 9.79 Å². The van der Waals surface area contributed by atoms with Gasteiger partial charge in [-0.25, -0.2) is 0 Å². The van der Waals surface area contributed by atoms with E-state index in [1.54, 1.807) is 6.08 Å². The highest BCUT2D eigenvalue weighted by Gasteiger charge is 1.89. The minimum absolute atomic E-state index is 0. The lowest BCUT2D eigenvalue weighted by Crippen LogP contribution is -2.16. The third kappa shape index (κ3) is 7.89. The molecule has 0 heterocycles. The standard InChI is InChI=1S/C6H13O3P/c1-2-3-4-5-6-10(7,8)9/h2H,1,3-6H2,(H2,7,8,9). The lowest BCUT2D eigenvalue weighted by molar-refractivity contribution is -0.313. The summed E-state index contributed by atoms with van der Waals surface area (Å²) >= 11 is 0. The zero-order valence-corrected chi connectivity index (χ0v) is 6.68. The fraction of sp³-hybridized carbons (Fsp3) is 0.667. The van der Waals surface area contributed by atoms with Crippen molar-refractivity contribution in [1.82, 2.24) is 0 Å². The molecule has 0 aliphatic heterocycles. The quantitative estimate of drug-likeness (QED) is 0.337. The second-order valence-electron chi connectivity index (χ2n) is 2.12. The van der Waals surface area contributed by atoms with E-state index in [4.69, 9.17) is 0 Å². The first-order chi connectivity index (χ1) is 4.56. The van der Waals surface area contributed by atoms with Crippen molar-refractivity contribution in [2.75, 3.05) is 6.16 Å². The van der Waals surface area contributed by atoms with Crippen molar-refractivity contribution in [3.63, 3.8) is 0 Å². The lowest BCUT2D eigenvalue weighted by atomic mass is 10.2. The van der Waals surface area contributed by atoms with Crippen LogP contribution >= 0.6 is 7.60 Å². The Morgan fingerprint density at radius 1 is 1.50 bits per heavy atom. The minimum Gasteiger partial charge on any atom is -0.811 e. The summed E-state index contributed by atoms with van der Waals surface area (Å²) in [6.45, 7) is 3.47. The minimum atomic E-state index is -4.24. The molecule has 10 heavy (non-hydrogen) atoms. The van der Waals surface area contributed by atoms with Crippen LogP contribution in [-0.4, -0.2) is 6.16 Å². The van der Waals surface area contributed by atoms with Crippen LogP contribution in [0.25, 0.3) is 0 Å². The number of rotatable bonds is 5. The highest BCUT2D eigenvalue weighted by molar-refractivity contribution is 7.48. The Hall–Kier alpha value is -0.110. The van der Waals surface area contributed by atoms with Gasteiger partial charge in [0.25, 0.3) is 0 Å². The average Bonchev–Trinajstić information content (AvgIpc) is 1.78. The predicted molar refractivity (Wildman–Crippen MR) is 38.7 cm³/mol. The molecule has 0 bridgehead atoms. The molecule has 0 unspecified atom stereocenters. The van der Waals surface area contributed by atoms with E-state index in [9.17, 15) is 14.4 Å². The van der Waals surface area contributed by atoms with E-state index in [0.29, 0.717) is 6.42 Å². The van der Waals surface area contributed by atoms with Crippen molar-refractivity contribution in [2.45, 2.75) is 19.3 Å². The molecule has 0 aromatic heterocycles. The summed E-state index contributed by atoms with van der Waals surface area (Å²) in [5, 5.41) is 0. The second kappa shape index (κ2) is 4.67. The lowest BCUT2D eigenvalue weighted by Gasteiger charge is -2.29. The molecule has 0 atom stereocenters. The SMILES string of the molecule is C=CCCCCP(=O)([O-])[O-].[H+].[H+]. The van der Waals surface area contributed by atoms with Crippen LogP contribution in [0.15, 0.2) is 12.7 Å². The molecule has 0 radical (unpaired) electrons. The van der Waals surface area contributed by atoms with Gasteiger partial charge in [-0.3, -0.25) is 0 Å². The third-order valence-corrected chi connectivity index (χ3v) is 1.95. The van der Waals surface area contributed by atoms with E-state index in [-0.39, 0.29) is 9.02 Å². The van der Waals surface area contributed by atoms with E-state index in [2.05, 4.69) is 6.58 Å². The molecule has 0 saturated heterocycles. The Balaban J connectivity index is -0.000000405. The first-order valence-electron chi connectivity index (χ1n) is 3.18. The van der Waals surface area contributed by atoms with Crippen molar-refractivity contribution in [2.24, 2.45) is 0 Å². The highest BCUT2D eigenvalue weighted by Crippen LogP contribution is 2.24. The van der Waals surface area contributed by atoms with E-state index in [1.807, 2.05) is 0 Å². The summed E-state index contributed by atoms with van der Waals surface area (Å²) in [6, 6.07) is 0. The molecule has 0 aromatic carbocycles. The molecular weight excluding hydrogens is 151 g/mol. The monoisotopic (exact) mass is 164 g/mol. The Labute approximate surface area is 63.9 Å². The second-order valence-corrected chi connectivity index (χ2v) is 3.79. The zero-order chi connectivity index (χ0) is 8.04. The van der Waals surface area contributed by atoms with Gasteiger partial charge in [-0.1, -0.05) is 13.7 Å². The maximum Gasteiger partial charge on any atom is 1.00 e. The van der Waals surface area contributed by atoms with Gasteiger partial charge in [-0.2, -0.15) is 0 Å². The summed E-state index contributed by atoms with van der Waals surface area (Å²) in [4.78, 5) is 20.1. The molecule has 3 nitrogen and oxygen atoms in total. The Morgan fingerprint density at radius 3 is 2.50 bits per heavy atom. The highest BCUT2D eigenvalue weighted by atomic mass is 31.2. The van der Waals surface area contributed by atoms with Gasteiger partial charge >= 0.3 is 2.85 Å². The van der Waals surface area contributed by atoms with Gasteiger partial charge in [-0.05, 0) is 25.4 Å². The van der Waals surface area contributed by atoms with Gasteiger partial charge in [0.2, 0.25) is 0 Å². The van der Waals surface area contributed by atoms with Gasteiger partial charge in [0, 0.05) is 0 Å². The molecule has 0 amide bonds. The Bertz CT molecular complexity index is 146. The largest absolute Gasteiger partial charge is 1.00 e. The smallest absolute Gasteiger partial charge is 0.811 e. The Kier molecular flexibility index (Phi) is 4.62. The zero-order valence-electron chi connectivity index (χ0n) is 7.78. The van der Waals surface area contributed by atoms with Crippen LogP contribution in [0.4, 0.5) is 0 Å². The van der Waals surface area contributed by atoms with Gasteiger partial charge in [-0.15, -0.1) is 6.58 Å². The maximum atomic E-state index is 10.0. The molecular formula is C6H13O3P. The van der Waals surface area contributed by atoms with Crippen molar-refractivity contribution >= 4 is 7.60 Å². The van der Waals surface area contributed by atoms with Crippen LogP contribution in [-0.2, 0) is 4.57 Å². The van der Waals surface area contributed by atoms with E-state index >= 15 is 0 Å². The fourth-order valence-corrected chi connectivity index (χ4v) is 1.21. The molecule has 0 aromatic rings. The molecule has 0 spiro atoms. The average molecular weight is 164 g/mol. The van der Waals surface area contributed by atoms with Gasteiger partial charge in [0.1, 0.15) is 0 Å². The Morgan fingerprint density at radius 2 is 2.10 bits per heavy atom. The van der Waals surface area contributed by atoms with E-state index in [1.165, 1.54) is 0 Å². The van der Waals surface area contributed by atoms with Gasteiger partial charge in [0.15, 0.2) is 0 Å². The summed E-state index contributed by atoms with van der Waals surface area (Å²) in [5.74, 6) is 0. The summed E-state index contributed by atoms with van der Waals surface area (Å²) in [7, 11) is -4.24. The maximum absolute atomic E-state index is 10.0.